The van der Waals surface area contributed by atoms with E-state index in [4.69, 9.17) is 0 Å². The number of hydrogen-bond donors (Lipinski definition) is 2. The molecule has 112 valence electrons. The maximum absolute atomic E-state index is 11.6. The molecule has 19 heavy (non-hydrogen) atoms. The Morgan fingerprint density at radius 2 is 2.11 bits per heavy atom. The normalized spacial score (nSPS) is 26.1. The number of nitrogens with zero attached hydrogens (tertiary/aromatic N) is 2. The van der Waals surface area contributed by atoms with E-state index in [2.05, 4.69) is 29.1 Å². The van der Waals surface area contributed by atoms with Crippen LogP contribution in [0.4, 0.5) is 0 Å². The van der Waals surface area contributed by atoms with Gasteiger partial charge in [0, 0.05) is 25.2 Å². The van der Waals surface area contributed by atoms with Gasteiger partial charge in [0.1, 0.15) is 5.54 Å². The molecule has 1 fully saturated rings. The summed E-state index contributed by atoms with van der Waals surface area (Å²) in [6.07, 6.45) is 1.10. The van der Waals surface area contributed by atoms with Crippen LogP contribution in [0.1, 0.15) is 34.1 Å². The van der Waals surface area contributed by atoms with Gasteiger partial charge in [-0.25, -0.2) is 0 Å². The Morgan fingerprint density at radius 3 is 2.63 bits per heavy atom. The van der Waals surface area contributed by atoms with E-state index in [9.17, 15) is 9.90 Å². The minimum Gasteiger partial charge on any atom is -0.480 e. The van der Waals surface area contributed by atoms with Gasteiger partial charge in [0.2, 0.25) is 0 Å². The highest BCUT2D eigenvalue weighted by atomic mass is 16.4. The van der Waals surface area contributed by atoms with Crippen LogP contribution in [0, 0.1) is 0 Å². The van der Waals surface area contributed by atoms with Crippen molar-refractivity contribution in [2.75, 3.05) is 33.2 Å². The number of rotatable bonds is 5. The molecule has 0 aromatic rings. The van der Waals surface area contributed by atoms with Crippen LogP contribution < -0.4 is 5.32 Å². The van der Waals surface area contributed by atoms with Gasteiger partial charge in [-0.15, -0.1) is 0 Å². The van der Waals surface area contributed by atoms with Crippen LogP contribution in [-0.4, -0.2) is 71.7 Å². The zero-order valence-electron chi connectivity index (χ0n) is 12.9. The molecule has 0 aliphatic carbocycles. The molecule has 1 aliphatic heterocycles. The fraction of sp³-hybridized carbons (Fsp3) is 0.929. The number of carboxylic acids is 1. The summed E-state index contributed by atoms with van der Waals surface area (Å²) in [7, 11) is 2.13. The Bertz CT molecular complexity index is 309. The molecule has 1 aliphatic rings. The lowest BCUT2D eigenvalue weighted by molar-refractivity contribution is -0.145. The second kappa shape index (κ2) is 6.68. The summed E-state index contributed by atoms with van der Waals surface area (Å²) in [4.78, 5) is 16.2. The smallest absolute Gasteiger partial charge is 0.324 e. The Morgan fingerprint density at radius 1 is 1.47 bits per heavy atom. The first-order chi connectivity index (χ1) is 8.74. The Labute approximate surface area is 117 Å². The van der Waals surface area contributed by atoms with E-state index in [1.165, 1.54) is 0 Å². The average Bonchev–Trinajstić information content (AvgIpc) is 2.39. The first-order valence-electron chi connectivity index (χ1n) is 7.18. The van der Waals surface area contributed by atoms with Crippen molar-refractivity contribution in [1.29, 1.82) is 0 Å². The second-order valence-corrected chi connectivity index (χ2v) is 6.37. The SMILES string of the molecule is CC(C)NC(C)(CN1CCCN(C)CC1C)C(=O)O. The molecule has 2 atom stereocenters. The molecular formula is C14H29N3O2. The van der Waals surface area contributed by atoms with Crippen LogP contribution in [0.15, 0.2) is 0 Å². The number of nitrogens with one attached hydrogen (secondary N) is 1. The molecule has 0 aromatic heterocycles. The third kappa shape index (κ3) is 4.75. The maximum atomic E-state index is 11.6. The number of carboxylic acid groups (broad SMARTS) is 1. The van der Waals surface area contributed by atoms with E-state index in [1.807, 2.05) is 13.8 Å². The van der Waals surface area contributed by atoms with Crippen LogP contribution in [0.5, 0.6) is 0 Å². The van der Waals surface area contributed by atoms with Gasteiger partial charge in [-0.1, -0.05) is 0 Å². The van der Waals surface area contributed by atoms with Crippen molar-refractivity contribution in [2.24, 2.45) is 0 Å². The van der Waals surface area contributed by atoms with Crippen molar-refractivity contribution in [1.82, 2.24) is 15.1 Å². The molecule has 5 nitrogen and oxygen atoms in total. The molecule has 0 bridgehead atoms. The number of likely N-dealkylation sites (N-methyl/N-ethyl adjacent to an activating group) is 1. The molecule has 0 saturated carbocycles. The van der Waals surface area contributed by atoms with Gasteiger partial charge >= 0.3 is 5.97 Å². The highest BCUT2D eigenvalue weighted by Gasteiger charge is 2.37. The lowest BCUT2D eigenvalue weighted by Crippen LogP contribution is -2.60. The van der Waals surface area contributed by atoms with Gasteiger partial charge in [-0.2, -0.15) is 0 Å². The zero-order valence-corrected chi connectivity index (χ0v) is 12.9. The maximum Gasteiger partial charge on any atom is 0.324 e. The van der Waals surface area contributed by atoms with Crippen LogP contribution in [0.3, 0.4) is 0 Å². The fourth-order valence-corrected chi connectivity index (χ4v) is 2.88. The topological polar surface area (TPSA) is 55.8 Å². The van der Waals surface area contributed by atoms with Crippen molar-refractivity contribution >= 4 is 5.97 Å². The minimum atomic E-state index is -0.884. The Kier molecular flexibility index (Phi) is 5.77. The molecule has 2 N–H and O–H groups in total. The molecule has 0 amide bonds. The first kappa shape index (κ1) is 16.4. The molecule has 1 heterocycles. The minimum absolute atomic E-state index is 0.158. The second-order valence-electron chi connectivity index (χ2n) is 6.37. The lowest BCUT2D eigenvalue weighted by atomic mass is 9.99. The quantitative estimate of drug-likeness (QED) is 0.776. The summed E-state index contributed by atoms with van der Waals surface area (Å²) in [5, 5.41) is 12.7. The summed E-state index contributed by atoms with van der Waals surface area (Å²) >= 11 is 0. The average molecular weight is 271 g/mol. The highest BCUT2D eigenvalue weighted by Crippen LogP contribution is 2.15. The lowest BCUT2D eigenvalue weighted by Gasteiger charge is -2.37. The first-order valence-corrected chi connectivity index (χ1v) is 7.18. The number of carbonyl (C=O) groups is 1. The molecular weight excluding hydrogens is 242 g/mol. The van der Waals surface area contributed by atoms with Crippen LogP contribution in [0.25, 0.3) is 0 Å². The third-order valence-electron chi connectivity index (χ3n) is 3.78. The van der Waals surface area contributed by atoms with E-state index < -0.39 is 11.5 Å². The van der Waals surface area contributed by atoms with Crippen molar-refractivity contribution in [3.63, 3.8) is 0 Å². The van der Waals surface area contributed by atoms with E-state index in [0.717, 1.165) is 26.1 Å². The molecule has 0 aromatic carbocycles. The summed E-state index contributed by atoms with van der Waals surface area (Å²) in [5.74, 6) is -0.772. The highest BCUT2D eigenvalue weighted by molar-refractivity contribution is 5.78. The third-order valence-corrected chi connectivity index (χ3v) is 3.78. The van der Waals surface area contributed by atoms with Crippen molar-refractivity contribution < 1.29 is 9.90 Å². The molecule has 2 unspecified atom stereocenters. The van der Waals surface area contributed by atoms with E-state index in [0.29, 0.717) is 12.6 Å². The van der Waals surface area contributed by atoms with Crippen molar-refractivity contribution in [3.8, 4) is 0 Å². The Hall–Kier alpha value is -0.650. The van der Waals surface area contributed by atoms with E-state index in [-0.39, 0.29) is 6.04 Å². The van der Waals surface area contributed by atoms with Gasteiger partial charge in [0.25, 0.3) is 0 Å². The number of hydrogen-bond acceptors (Lipinski definition) is 4. The predicted octanol–water partition coefficient (Wildman–Crippen LogP) is 0.854. The fourth-order valence-electron chi connectivity index (χ4n) is 2.88. The Balaban J connectivity index is 2.75. The zero-order chi connectivity index (χ0) is 14.6. The van der Waals surface area contributed by atoms with Gasteiger partial charge < -0.3 is 10.0 Å². The molecule has 0 spiro atoms. The van der Waals surface area contributed by atoms with Crippen molar-refractivity contribution in [3.05, 3.63) is 0 Å². The summed E-state index contributed by atoms with van der Waals surface area (Å²) < 4.78 is 0. The summed E-state index contributed by atoms with van der Waals surface area (Å²) in [6.45, 7) is 11.5. The number of aliphatic carboxylic acids is 1. The van der Waals surface area contributed by atoms with E-state index >= 15 is 0 Å². The van der Waals surface area contributed by atoms with Crippen LogP contribution >= 0.6 is 0 Å². The van der Waals surface area contributed by atoms with Gasteiger partial charge in [0.05, 0.1) is 0 Å². The van der Waals surface area contributed by atoms with Crippen LogP contribution in [0.2, 0.25) is 0 Å². The largest absolute Gasteiger partial charge is 0.480 e. The summed E-state index contributed by atoms with van der Waals surface area (Å²) in [5.41, 5.74) is -0.884. The van der Waals surface area contributed by atoms with Gasteiger partial charge in [0.15, 0.2) is 0 Å². The standard InChI is InChI=1S/C14H29N3O2/c1-11(2)15-14(4,13(18)19)10-17-8-6-7-16(5)9-12(17)3/h11-12,15H,6-10H2,1-5H3,(H,18,19). The molecule has 1 rings (SSSR count). The predicted molar refractivity (Wildman–Crippen MR) is 77.5 cm³/mol. The van der Waals surface area contributed by atoms with Gasteiger partial charge in [-0.05, 0) is 54.3 Å². The molecule has 5 heteroatoms. The molecule has 1 saturated heterocycles. The van der Waals surface area contributed by atoms with E-state index in [1.54, 1.807) is 6.92 Å². The monoisotopic (exact) mass is 271 g/mol. The van der Waals surface area contributed by atoms with Crippen LogP contribution in [-0.2, 0) is 4.79 Å². The van der Waals surface area contributed by atoms with Gasteiger partial charge in [-0.3, -0.25) is 15.0 Å². The van der Waals surface area contributed by atoms with Crippen molar-refractivity contribution in [2.45, 2.75) is 51.7 Å². The summed E-state index contributed by atoms with van der Waals surface area (Å²) in [6, 6.07) is 0.547. The molecule has 0 radical (unpaired) electrons.